The van der Waals surface area contributed by atoms with Crippen LogP contribution in [0.4, 0.5) is 5.69 Å². The van der Waals surface area contributed by atoms with Crippen LogP contribution >= 0.6 is 0 Å². The van der Waals surface area contributed by atoms with Crippen LogP contribution in [0.5, 0.6) is 11.5 Å². The zero-order chi connectivity index (χ0) is 23.0. The van der Waals surface area contributed by atoms with Crippen molar-refractivity contribution in [2.45, 2.75) is 20.4 Å². The third-order valence-corrected chi connectivity index (χ3v) is 4.88. The number of fused-ring (bicyclic) bond motifs is 2. The molecule has 3 heterocycles. The number of aromatic nitrogens is 3. The first-order chi connectivity index (χ1) is 15.3. The molecule has 0 spiro atoms. The number of aryl methyl sites for hydroxylation is 2. The molecule has 11 nitrogen and oxygen atoms in total. The van der Waals surface area contributed by atoms with Crippen LogP contribution in [0.1, 0.15) is 23.0 Å². The van der Waals surface area contributed by atoms with Gasteiger partial charge in [0.1, 0.15) is 12.2 Å². The Morgan fingerprint density at radius 1 is 1.19 bits per heavy atom. The molecule has 1 amide bonds. The summed E-state index contributed by atoms with van der Waals surface area (Å²) in [4.78, 5) is 55.3. The number of carbonyl (C=O) groups is 2. The van der Waals surface area contributed by atoms with Crippen LogP contribution in [0.25, 0.3) is 11.0 Å². The molecule has 0 saturated heterocycles. The molecule has 11 heteroatoms. The fraction of sp³-hybridized carbons (Fsp3) is 0.286. The highest BCUT2D eigenvalue weighted by atomic mass is 16.7. The standard InChI is InChI=1S/C21H20N4O7/c1-4-30-20(28)13-7-11(2)22-18-17(13)19(27)25(21(29)24(18)3)9-16(26)23-12-5-6-14-15(8-12)32-10-31-14/h5-8H,4,9-10H2,1-3H3,(H,23,26). The zero-order valence-electron chi connectivity index (χ0n) is 17.6. The van der Waals surface area contributed by atoms with Crippen molar-refractivity contribution in [1.82, 2.24) is 14.1 Å². The lowest BCUT2D eigenvalue weighted by molar-refractivity contribution is -0.116. The van der Waals surface area contributed by atoms with E-state index in [9.17, 15) is 19.2 Å². The predicted molar refractivity (Wildman–Crippen MR) is 113 cm³/mol. The number of nitrogens with zero attached hydrogens (tertiary/aromatic N) is 3. The van der Waals surface area contributed by atoms with Gasteiger partial charge in [0.25, 0.3) is 5.56 Å². The zero-order valence-corrected chi connectivity index (χ0v) is 17.6. The molecule has 0 bridgehead atoms. The monoisotopic (exact) mass is 440 g/mol. The topological polar surface area (TPSA) is 131 Å². The first-order valence-electron chi connectivity index (χ1n) is 9.78. The average Bonchev–Trinajstić information content (AvgIpc) is 3.22. The normalized spacial score (nSPS) is 12.1. The number of benzene rings is 1. The van der Waals surface area contributed by atoms with Gasteiger partial charge >= 0.3 is 11.7 Å². The van der Waals surface area contributed by atoms with Crippen LogP contribution in [0.15, 0.2) is 33.9 Å². The first kappa shape index (κ1) is 21.1. The van der Waals surface area contributed by atoms with E-state index in [1.165, 1.54) is 13.1 Å². The Hall–Kier alpha value is -4.15. The molecular formula is C21H20N4O7. The molecule has 1 aliphatic rings. The minimum absolute atomic E-state index is 0.0140. The van der Waals surface area contributed by atoms with E-state index in [2.05, 4.69) is 10.3 Å². The summed E-state index contributed by atoms with van der Waals surface area (Å²) < 4.78 is 17.4. The summed E-state index contributed by atoms with van der Waals surface area (Å²) in [5, 5.41) is 2.53. The maximum atomic E-state index is 13.2. The summed E-state index contributed by atoms with van der Waals surface area (Å²) in [7, 11) is 1.41. The van der Waals surface area contributed by atoms with E-state index in [-0.39, 0.29) is 30.0 Å². The van der Waals surface area contributed by atoms with Gasteiger partial charge in [0.15, 0.2) is 11.5 Å². The lowest BCUT2D eigenvalue weighted by Crippen LogP contribution is -2.42. The lowest BCUT2D eigenvalue weighted by atomic mass is 10.1. The third-order valence-electron chi connectivity index (χ3n) is 4.88. The van der Waals surface area contributed by atoms with Crippen molar-refractivity contribution >= 4 is 28.6 Å². The minimum Gasteiger partial charge on any atom is -0.462 e. The Kier molecular flexibility index (Phi) is 5.39. The summed E-state index contributed by atoms with van der Waals surface area (Å²) in [6, 6.07) is 6.24. The summed E-state index contributed by atoms with van der Waals surface area (Å²) in [6.45, 7) is 2.91. The number of nitrogens with one attached hydrogen (secondary N) is 1. The highest BCUT2D eigenvalue weighted by molar-refractivity contribution is 6.02. The van der Waals surface area contributed by atoms with Gasteiger partial charge in [0.05, 0.1) is 17.6 Å². The van der Waals surface area contributed by atoms with Gasteiger partial charge in [-0.15, -0.1) is 0 Å². The van der Waals surface area contributed by atoms with E-state index in [4.69, 9.17) is 14.2 Å². The largest absolute Gasteiger partial charge is 0.462 e. The molecule has 0 unspecified atom stereocenters. The Morgan fingerprint density at radius 3 is 2.69 bits per heavy atom. The molecule has 1 N–H and O–H groups in total. The van der Waals surface area contributed by atoms with Gasteiger partial charge in [-0.25, -0.2) is 14.6 Å². The van der Waals surface area contributed by atoms with Gasteiger partial charge in [0, 0.05) is 24.5 Å². The molecule has 0 aliphatic carbocycles. The summed E-state index contributed by atoms with van der Waals surface area (Å²) >= 11 is 0. The van der Waals surface area contributed by atoms with E-state index in [0.717, 1.165) is 9.13 Å². The molecule has 1 aliphatic heterocycles. The lowest BCUT2D eigenvalue weighted by Gasteiger charge is -2.13. The van der Waals surface area contributed by atoms with Crippen LogP contribution in [0.3, 0.4) is 0 Å². The number of esters is 1. The Labute approximate surface area is 181 Å². The highest BCUT2D eigenvalue weighted by Gasteiger charge is 2.22. The molecule has 4 rings (SSSR count). The maximum Gasteiger partial charge on any atom is 0.339 e. The van der Waals surface area contributed by atoms with Crippen molar-refractivity contribution < 1.29 is 23.8 Å². The van der Waals surface area contributed by atoms with Crippen molar-refractivity contribution in [3.8, 4) is 11.5 Å². The maximum absolute atomic E-state index is 13.2. The molecule has 0 atom stereocenters. The quantitative estimate of drug-likeness (QED) is 0.580. The van der Waals surface area contributed by atoms with Gasteiger partial charge in [0.2, 0.25) is 12.7 Å². The number of hydrogen-bond acceptors (Lipinski definition) is 8. The second kappa shape index (κ2) is 8.17. The third kappa shape index (κ3) is 3.68. The average molecular weight is 440 g/mol. The van der Waals surface area contributed by atoms with Gasteiger partial charge in [-0.1, -0.05) is 0 Å². The van der Waals surface area contributed by atoms with Gasteiger partial charge in [-0.3, -0.25) is 18.7 Å². The van der Waals surface area contributed by atoms with E-state index in [1.54, 1.807) is 32.0 Å². The van der Waals surface area contributed by atoms with Crippen LogP contribution in [-0.2, 0) is 23.1 Å². The summed E-state index contributed by atoms with van der Waals surface area (Å²) in [5.74, 6) is -0.297. The molecule has 32 heavy (non-hydrogen) atoms. The molecule has 2 aromatic heterocycles. The summed E-state index contributed by atoms with van der Waals surface area (Å²) in [6.07, 6.45) is 0. The fourth-order valence-corrected chi connectivity index (χ4v) is 3.43. The Balaban J connectivity index is 1.74. The number of amides is 1. The van der Waals surface area contributed by atoms with Gasteiger partial charge in [-0.2, -0.15) is 0 Å². The number of hydrogen-bond donors (Lipinski definition) is 1. The van der Waals surface area contributed by atoms with E-state index < -0.39 is 29.7 Å². The van der Waals surface area contributed by atoms with Gasteiger partial charge < -0.3 is 19.5 Å². The van der Waals surface area contributed by atoms with Gasteiger partial charge in [-0.05, 0) is 32.0 Å². The van der Waals surface area contributed by atoms with Crippen LogP contribution < -0.4 is 26.0 Å². The molecule has 0 saturated carbocycles. The van der Waals surface area contributed by atoms with E-state index in [0.29, 0.717) is 22.9 Å². The number of pyridine rings is 1. The second-order valence-electron chi connectivity index (χ2n) is 7.08. The number of ether oxygens (including phenoxy) is 3. The summed E-state index contributed by atoms with van der Waals surface area (Å²) in [5.41, 5.74) is -0.672. The predicted octanol–water partition coefficient (Wildman–Crippen LogP) is 0.948. The van der Waals surface area contributed by atoms with Crippen LogP contribution in [0.2, 0.25) is 0 Å². The smallest absolute Gasteiger partial charge is 0.339 e. The Morgan fingerprint density at radius 2 is 1.94 bits per heavy atom. The van der Waals surface area contributed by atoms with E-state index >= 15 is 0 Å². The number of anilines is 1. The molecule has 0 radical (unpaired) electrons. The molecule has 166 valence electrons. The molecule has 3 aromatic rings. The van der Waals surface area contributed by atoms with E-state index in [1.807, 2.05) is 0 Å². The number of carbonyl (C=O) groups excluding carboxylic acids is 2. The Bertz CT molecular complexity index is 1370. The van der Waals surface area contributed by atoms with Crippen LogP contribution in [-0.4, -0.2) is 39.4 Å². The SMILES string of the molecule is CCOC(=O)c1cc(C)nc2c1c(=O)n(CC(=O)Nc1ccc3c(c1)OCO3)c(=O)n2C. The molecular weight excluding hydrogens is 420 g/mol. The molecule has 0 fully saturated rings. The fourth-order valence-electron chi connectivity index (χ4n) is 3.43. The molecule has 1 aromatic carbocycles. The van der Waals surface area contributed by atoms with Crippen molar-refractivity contribution in [3.05, 3.63) is 56.4 Å². The van der Waals surface area contributed by atoms with Crippen molar-refractivity contribution in [3.63, 3.8) is 0 Å². The number of rotatable bonds is 5. The minimum atomic E-state index is -0.806. The second-order valence-corrected chi connectivity index (χ2v) is 7.08. The van der Waals surface area contributed by atoms with Crippen molar-refractivity contribution in [2.24, 2.45) is 7.05 Å². The van der Waals surface area contributed by atoms with Crippen LogP contribution in [0, 0.1) is 6.92 Å². The highest BCUT2D eigenvalue weighted by Crippen LogP contribution is 2.34. The van der Waals surface area contributed by atoms with Crippen molar-refractivity contribution in [1.29, 1.82) is 0 Å². The first-order valence-corrected chi connectivity index (χ1v) is 9.78. The van der Waals surface area contributed by atoms with Crippen molar-refractivity contribution in [2.75, 3.05) is 18.7 Å².